The van der Waals surface area contributed by atoms with Crippen LogP contribution in [0.2, 0.25) is 0 Å². The van der Waals surface area contributed by atoms with Gasteiger partial charge in [-0.15, -0.1) is 0 Å². The van der Waals surface area contributed by atoms with Gasteiger partial charge in [0.05, 0.1) is 4.90 Å². The summed E-state index contributed by atoms with van der Waals surface area (Å²) in [4.78, 5) is 12.3. The number of nitrogens with one attached hydrogen (secondary N) is 1. The van der Waals surface area contributed by atoms with Crippen molar-refractivity contribution in [2.75, 3.05) is 25.0 Å². The maximum Gasteiger partial charge on any atom is 0.262 e. The third-order valence-corrected chi connectivity index (χ3v) is 6.10. The monoisotopic (exact) mass is 376 g/mol. The van der Waals surface area contributed by atoms with Crippen LogP contribution < -0.4 is 10.1 Å². The zero-order valence-electron chi connectivity index (χ0n) is 15.2. The van der Waals surface area contributed by atoms with E-state index in [-0.39, 0.29) is 17.4 Å². The quantitative estimate of drug-likeness (QED) is 0.768. The Hall–Kier alpha value is -2.38. The molecule has 0 fully saturated rings. The molecule has 6 nitrogen and oxygen atoms in total. The van der Waals surface area contributed by atoms with Gasteiger partial charge in [-0.1, -0.05) is 38.1 Å². The molecule has 0 aromatic heterocycles. The molecule has 26 heavy (non-hydrogen) atoms. The van der Waals surface area contributed by atoms with Crippen LogP contribution in [-0.4, -0.2) is 38.3 Å². The summed E-state index contributed by atoms with van der Waals surface area (Å²) in [5, 5.41) is 2.68. The van der Waals surface area contributed by atoms with E-state index in [1.54, 1.807) is 45.0 Å². The number of hydrogen-bond donors (Lipinski definition) is 1. The number of carbonyl (C=O) groups is 1. The van der Waals surface area contributed by atoms with Gasteiger partial charge < -0.3 is 10.1 Å². The maximum absolute atomic E-state index is 12.8. The van der Waals surface area contributed by atoms with Gasteiger partial charge in [-0.3, -0.25) is 4.79 Å². The first kappa shape index (κ1) is 19.9. The molecule has 0 saturated carbocycles. The molecular formula is C19H24N2O4S. The van der Waals surface area contributed by atoms with Gasteiger partial charge in [0, 0.05) is 18.8 Å². The highest BCUT2D eigenvalue weighted by atomic mass is 32.2. The Morgan fingerprint density at radius 2 is 1.73 bits per heavy atom. The molecule has 7 heteroatoms. The Kier molecular flexibility index (Phi) is 6.76. The lowest BCUT2D eigenvalue weighted by molar-refractivity contribution is -0.118. The van der Waals surface area contributed by atoms with Crippen molar-refractivity contribution in [2.45, 2.75) is 25.7 Å². The molecule has 0 aliphatic rings. The van der Waals surface area contributed by atoms with Crippen LogP contribution in [0.15, 0.2) is 53.4 Å². The van der Waals surface area contributed by atoms with Gasteiger partial charge in [-0.2, -0.15) is 4.31 Å². The molecule has 0 radical (unpaired) electrons. The summed E-state index contributed by atoms with van der Waals surface area (Å²) in [6, 6.07) is 13.9. The number of hydrogen-bond acceptors (Lipinski definition) is 4. The van der Waals surface area contributed by atoms with Crippen molar-refractivity contribution < 1.29 is 17.9 Å². The Balaban J connectivity index is 2.12. The van der Waals surface area contributed by atoms with Crippen LogP contribution in [0.1, 0.15) is 19.4 Å². The number of nitrogens with zero attached hydrogens (tertiary/aromatic N) is 1. The predicted molar refractivity (Wildman–Crippen MR) is 102 cm³/mol. The van der Waals surface area contributed by atoms with E-state index in [0.29, 0.717) is 30.1 Å². The molecule has 2 aromatic rings. The first-order valence-electron chi connectivity index (χ1n) is 8.47. The third kappa shape index (κ3) is 4.83. The Bertz CT molecular complexity index is 847. The van der Waals surface area contributed by atoms with Crippen LogP contribution in [-0.2, 0) is 14.8 Å². The zero-order valence-corrected chi connectivity index (χ0v) is 16.0. The number of amides is 1. The molecule has 0 bridgehead atoms. The van der Waals surface area contributed by atoms with Crippen LogP contribution in [0.5, 0.6) is 5.75 Å². The second-order valence-electron chi connectivity index (χ2n) is 5.72. The third-order valence-electron chi connectivity index (χ3n) is 3.91. The highest BCUT2D eigenvalue weighted by Gasteiger charge is 2.24. The number of sulfonamides is 1. The van der Waals surface area contributed by atoms with Crippen molar-refractivity contribution in [1.29, 1.82) is 0 Å². The fraction of sp³-hybridized carbons (Fsp3) is 0.316. The summed E-state index contributed by atoms with van der Waals surface area (Å²) in [5.74, 6) is 0.236. The van der Waals surface area contributed by atoms with Gasteiger partial charge >= 0.3 is 0 Å². The lowest BCUT2D eigenvalue weighted by Crippen LogP contribution is -2.31. The van der Waals surface area contributed by atoms with E-state index in [1.165, 1.54) is 10.4 Å². The van der Waals surface area contributed by atoms with Gasteiger partial charge in [0.2, 0.25) is 10.0 Å². The van der Waals surface area contributed by atoms with Crippen LogP contribution in [0.4, 0.5) is 5.69 Å². The van der Waals surface area contributed by atoms with E-state index in [4.69, 9.17) is 4.74 Å². The minimum absolute atomic E-state index is 0.157. The second-order valence-corrected chi connectivity index (χ2v) is 7.63. The van der Waals surface area contributed by atoms with Crippen molar-refractivity contribution in [3.63, 3.8) is 0 Å². The number of rotatable bonds is 8. The van der Waals surface area contributed by atoms with Gasteiger partial charge in [0.15, 0.2) is 6.61 Å². The van der Waals surface area contributed by atoms with E-state index in [9.17, 15) is 13.2 Å². The SMILES string of the molecule is CCN(CC)S(=O)(=O)c1cc(NC(=O)COc2ccccc2)ccc1C. The van der Waals surface area contributed by atoms with Crippen LogP contribution >= 0.6 is 0 Å². The smallest absolute Gasteiger partial charge is 0.262 e. The normalized spacial score (nSPS) is 11.4. The molecule has 0 aliphatic carbocycles. The van der Waals surface area contributed by atoms with Gasteiger partial charge in [0.1, 0.15) is 5.75 Å². The predicted octanol–water partition coefficient (Wildman–Crippen LogP) is 3.04. The minimum atomic E-state index is -3.59. The number of ether oxygens (including phenoxy) is 1. The molecule has 0 atom stereocenters. The molecule has 140 valence electrons. The van der Waals surface area contributed by atoms with Crippen molar-refractivity contribution in [1.82, 2.24) is 4.31 Å². The number of para-hydroxylation sites is 1. The van der Waals surface area contributed by atoms with E-state index in [1.807, 2.05) is 18.2 Å². The fourth-order valence-corrected chi connectivity index (χ4v) is 4.23. The summed E-state index contributed by atoms with van der Waals surface area (Å²) < 4.78 is 32.3. The van der Waals surface area contributed by atoms with Crippen molar-refractivity contribution in [2.24, 2.45) is 0 Å². The van der Waals surface area contributed by atoms with Crippen molar-refractivity contribution in [3.8, 4) is 5.75 Å². The fourth-order valence-electron chi connectivity index (χ4n) is 2.52. The first-order chi connectivity index (χ1) is 12.4. The first-order valence-corrected chi connectivity index (χ1v) is 9.91. The molecule has 0 heterocycles. The Morgan fingerprint density at radius 1 is 1.08 bits per heavy atom. The van der Waals surface area contributed by atoms with Gasteiger partial charge in [0.25, 0.3) is 5.91 Å². The molecule has 1 N–H and O–H groups in total. The average molecular weight is 376 g/mol. The summed E-state index contributed by atoms with van der Waals surface area (Å²) in [6.45, 7) is 5.95. The molecular weight excluding hydrogens is 352 g/mol. The highest BCUT2D eigenvalue weighted by molar-refractivity contribution is 7.89. The van der Waals surface area contributed by atoms with E-state index >= 15 is 0 Å². The van der Waals surface area contributed by atoms with Crippen LogP contribution in [0, 0.1) is 6.92 Å². The molecule has 1 amide bonds. The Morgan fingerprint density at radius 3 is 2.35 bits per heavy atom. The van der Waals surface area contributed by atoms with E-state index < -0.39 is 10.0 Å². The topological polar surface area (TPSA) is 75.7 Å². The maximum atomic E-state index is 12.8. The highest BCUT2D eigenvalue weighted by Crippen LogP contribution is 2.23. The van der Waals surface area contributed by atoms with E-state index in [2.05, 4.69) is 5.32 Å². The molecule has 0 saturated heterocycles. The van der Waals surface area contributed by atoms with E-state index in [0.717, 1.165) is 0 Å². The van der Waals surface area contributed by atoms with Gasteiger partial charge in [-0.05, 0) is 36.8 Å². The molecule has 0 aliphatic heterocycles. The summed E-state index contributed by atoms with van der Waals surface area (Å²) in [5.41, 5.74) is 1.05. The molecule has 2 aromatic carbocycles. The standard InChI is InChI=1S/C19H24N2O4S/c1-4-21(5-2)26(23,24)18-13-16(12-11-15(18)3)20-19(22)14-25-17-9-7-6-8-10-17/h6-13H,4-5,14H2,1-3H3,(H,20,22). The molecule has 2 rings (SSSR count). The number of benzene rings is 2. The number of aryl methyl sites for hydroxylation is 1. The minimum Gasteiger partial charge on any atom is -0.484 e. The number of carbonyl (C=O) groups excluding carboxylic acids is 1. The lowest BCUT2D eigenvalue weighted by atomic mass is 10.2. The largest absolute Gasteiger partial charge is 0.484 e. The number of anilines is 1. The zero-order chi connectivity index (χ0) is 19.2. The van der Waals surface area contributed by atoms with Crippen LogP contribution in [0.25, 0.3) is 0 Å². The van der Waals surface area contributed by atoms with Crippen molar-refractivity contribution >= 4 is 21.6 Å². The molecule has 0 unspecified atom stereocenters. The summed E-state index contributed by atoms with van der Waals surface area (Å²) in [6.07, 6.45) is 0. The van der Waals surface area contributed by atoms with Crippen molar-refractivity contribution in [3.05, 3.63) is 54.1 Å². The second kappa shape index (κ2) is 8.82. The summed E-state index contributed by atoms with van der Waals surface area (Å²) >= 11 is 0. The van der Waals surface area contributed by atoms with Gasteiger partial charge in [-0.25, -0.2) is 8.42 Å². The van der Waals surface area contributed by atoms with Crippen LogP contribution in [0.3, 0.4) is 0 Å². The average Bonchev–Trinajstić information content (AvgIpc) is 2.63. The lowest BCUT2D eigenvalue weighted by Gasteiger charge is -2.20. The Labute approximate surface area is 154 Å². The summed E-state index contributed by atoms with van der Waals surface area (Å²) in [7, 11) is -3.59. The molecule has 0 spiro atoms.